The van der Waals surface area contributed by atoms with E-state index in [1.807, 2.05) is 60.7 Å². The Morgan fingerprint density at radius 1 is 0.812 bits per heavy atom. The van der Waals surface area contributed by atoms with Gasteiger partial charge in [0.15, 0.2) is 0 Å². The van der Waals surface area contributed by atoms with E-state index in [9.17, 15) is 9.59 Å². The minimum atomic E-state index is -0.520. The van der Waals surface area contributed by atoms with Gasteiger partial charge in [0, 0.05) is 18.7 Å². The number of carbonyl (C=O) groups excluding carboxylic acids is 1. The van der Waals surface area contributed by atoms with Gasteiger partial charge in [-0.15, -0.1) is 0 Å². The highest BCUT2D eigenvalue weighted by Gasteiger charge is 2.17. The van der Waals surface area contributed by atoms with Gasteiger partial charge in [-0.1, -0.05) is 83.9 Å². The van der Waals surface area contributed by atoms with Crippen molar-refractivity contribution in [2.24, 2.45) is 0 Å². The topological polar surface area (TPSA) is 55.2 Å². The summed E-state index contributed by atoms with van der Waals surface area (Å²) in [6, 6.07) is 26.4. The van der Waals surface area contributed by atoms with E-state index in [1.54, 1.807) is 29.2 Å². The quantitative estimate of drug-likeness (QED) is 0.385. The molecule has 1 amide bonds. The number of hydrogen-bond acceptors (Lipinski definition) is 3. The molecule has 0 radical (unpaired) electrons. The Kier molecular flexibility index (Phi) is 6.69. The first-order chi connectivity index (χ1) is 15.5. The van der Waals surface area contributed by atoms with Gasteiger partial charge in [0.2, 0.25) is 0 Å². The average Bonchev–Trinajstić information content (AvgIpc) is 2.83. The van der Waals surface area contributed by atoms with Gasteiger partial charge in [0.05, 0.1) is 16.9 Å². The van der Waals surface area contributed by atoms with Crippen molar-refractivity contribution in [3.63, 3.8) is 0 Å². The summed E-state index contributed by atoms with van der Waals surface area (Å²) in [7, 11) is 0. The largest absolute Gasteiger partial charge is 0.330 e. The molecule has 1 heterocycles. The Morgan fingerprint density at radius 3 is 1.88 bits per heavy atom. The minimum absolute atomic E-state index is 0.0946. The molecule has 0 aliphatic rings. The standard InChI is InChI=1S/C25H19Cl2N3O2/c26-22-15-28-30(25(32)23(22)27)21-13-11-20(12-14-21)24(31)29(16-18-7-3-1-4-8-18)17-19-9-5-2-6-10-19/h1-15H,16-17H2. The highest BCUT2D eigenvalue weighted by atomic mass is 35.5. The van der Waals surface area contributed by atoms with Gasteiger partial charge in [-0.25, -0.2) is 0 Å². The van der Waals surface area contributed by atoms with Crippen LogP contribution in [-0.4, -0.2) is 20.6 Å². The number of halogens is 2. The van der Waals surface area contributed by atoms with E-state index >= 15 is 0 Å². The van der Waals surface area contributed by atoms with Gasteiger partial charge in [-0.3, -0.25) is 9.59 Å². The van der Waals surface area contributed by atoms with Gasteiger partial charge in [0.25, 0.3) is 11.5 Å². The Bertz CT molecular complexity index is 1230. The van der Waals surface area contributed by atoms with Gasteiger partial charge in [-0.2, -0.15) is 9.78 Å². The lowest BCUT2D eigenvalue weighted by Gasteiger charge is -2.23. The fourth-order valence-electron chi connectivity index (χ4n) is 3.33. The van der Waals surface area contributed by atoms with Crippen LogP contribution in [0.15, 0.2) is 95.9 Å². The molecule has 0 saturated heterocycles. The smallest absolute Gasteiger partial charge is 0.291 e. The fourth-order valence-corrected chi connectivity index (χ4v) is 3.58. The number of hydrogen-bond donors (Lipinski definition) is 0. The van der Waals surface area contributed by atoms with Crippen LogP contribution in [0.3, 0.4) is 0 Å². The van der Waals surface area contributed by atoms with Crippen molar-refractivity contribution in [1.82, 2.24) is 14.7 Å². The highest BCUT2D eigenvalue weighted by Crippen LogP contribution is 2.18. The predicted octanol–water partition coefficient (Wildman–Crippen LogP) is 5.38. The molecule has 0 aliphatic carbocycles. The summed E-state index contributed by atoms with van der Waals surface area (Å²) < 4.78 is 1.15. The fraction of sp³-hybridized carbons (Fsp3) is 0.0800. The summed E-state index contributed by atoms with van der Waals surface area (Å²) in [5, 5.41) is 4.02. The summed E-state index contributed by atoms with van der Waals surface area (Å²) in [5.41, 5.74) is 2.56. The molecule has 0 fully saturated rings. The van der Waals surface area contributed by atoms with Gasteiger partial charge >= 0.3 is 0 Å². The van der Waals surface area contributed by atoms with Crippen molar-refractivity contribution in [2.45, 2.75) is 13.1 Å². The molecule has 4 rings (SSSR count). The number of benzene rings is 3. The third-order valence-electron chi connectivity index (χ3n) is 4.95. The van der Waals surface area contributed by atoms with Crippen molar-refractivity contribution in [3.05, 3.63) is 128 Å². The lowest BCUT2D eigenvalue weighted by Crippen LogP contribution is -2.30. The third kappa shape index (κ3) is 4.90. The van der Waals surface area contributed by atoms with E-state index in [0.29, 0.717) is 24.3 Å². The maximum absolute atomic E-state index is 13.4. The number of rotatable bonds is 6. The second kappa shape index (κ2) is 9.81. The van der Waals surface area contributed by atoms with Crippen LogP contribution < -0.4 is 5.56 Å². The SMILES string of the molecule is O=C(c1ccc(-n2ncc(Cl)c(Cl)c2=O)cc1)N(Cc1ccccc1)Cc1ccccc1. The molecule has 0 aliphatic heterocycles. The van der Waals surface area contributed by atoms with Crippen LogP contribution in [0.2, 0.25) is 10.0 Å². The van der Waals surface area contributed by atoms with Gasteiger partial charge in [-0.05, 0) is 35.4 Å². The second-order valence-corrected chi connectivity index (χ2v) is 7.99. The summed E-state index contributed by atoms with van der Waals surface area (Å²) >= 11 is 11.8. The number of amides is 1. The maximum atomic E-state index is 13.4. The molecule has 5 nitrogen and oxygen atoms in total. The number of nitrogens with zero attached hydrogens (tertiary/aromatic N) is 3. The van der Waals surface area contributed by atoms with E-state index in [0.717, 1.165) is 15.8 Å². The molecule has 0 unspecified atom stereocenters. The Labute approximate surface area is 195 Å². The zero-order chi connectivity index (χ0) is 22.5. The third-order valence-corrected chi connectivity index (χ3v) is 5.70. The first-order valence-corrected chi connectivity index (χ1v) is 10.7. The van der Waals surface area contributed by atoms with Crippen LogP contribution in [0.1, 0.15) is 21.5 Å². The molecule has 0 bridgehead atoms. The molecule has 0 N–H and O–H groups in total. The Hall–Kier alpha value is -3.41. The lowest BCUT2D eigenvalue weighted by atomic mass is 10.1. The zero-order valence-corrected chi connectivity index (χ0v) is 18.5. The molecule has 0 atom stereocenters. The average molecular weight is 464 g/mol. The molecule has 7 heteroatoms. The van der Waals surface area contributed by atoms with Crippen LogP contribution in [-0.2, 0) is 13.1 Å². The van der Waals surface area contributed by atoms with Crippen LogP contribution >= 0.6 is 23.2 Å². The van der Waals surface area contributed by atoms with Crippen LogP contribution in [0.25, 0.3) is 5.69 Å². The lowest BCUT2D eigenvalue weighted by molar-refractivity contribution is 0.0730. The first-order valence-electron chi connectivity index (χ1n) is 9.94. The van der Waals surface area contributed by atoms with Crippen LogP contribution in [0.4, 0.5) is 0 Å². The molecule has 160 valence electrons. The monoisotopic (exact) mass is 463 g/mol. The zero-order valence-electron chi connectivity index (χ0n) is 17.0. The van der Waals surface area contributed by atoms with Crippen molar-refractivity contribution in [2.75, 3.05) is 0 Å². The number of carbonyl (C=O) groups is 1. The van der Waals surface area contributed by atoms with E-state index in [-0.39, 0.29) is 16.0 Å². The van der Waals surface area contributed by atoms with E-state index in [2.05, 4.69) is 5.10 Å². The number of aromatic nitrogens is 2. The van der Waals surface area contributed by atoms with Crippen molar-refractivity contribution < 1.29 is 4.79 Å². The highest BCUT2D eigenvalue weighted by molar-refractivity contribution is 6.41. The summed E-state index contributed by atoms with van der Waals surface area (Å²) in [5.74, 6) is -0.112. The molecule has 0 saturated carbocycles. The summed E-state index contributed by atoms with van der Waals surface area (Å²) in [6.45, 7) is 0.953. The van der Waals surface area contributed by atoms with Crippen molar-refractivity contribution >= 4 is 29.1 Å². The molecule has 0 spiro atoms. The Morgan fingerprint density at radius 2 is 1.34 bits per heavy atom. The van der Waals surface area contributed by atoms with E-state index in [4.69, 9.17) is 23.2 Å². The van der Waals surface area contributed by atoms with Crippen molar-refractivity contribution in [1.29, 1.82) is 0 Å². The van der Waals surface area contributed by atoms with Crippen LogP contribution in [0, 0.1) is 0 Å². The van der Waals surface area contributed by atoms with E-state index in [1.165, 1.54) is 6.20 Å². The minimum Gasteiger partial charge on any atom is -0.330 e. The van der Waals surface area contributed by atoms with Gasteiger partial charge < -0.3 is 4.90 Å². The van der Waals surface area contributed by atoms with E-state index < -0.39 is 5.56 Å². The second-order valence-electron chi connectivity index (χ2n) is 7.20. The molecular formula is C25H19Cl2N3O2. The molecular weight excluding hydrogens is 445 g/mol. The Balaban J connectivity index is 1.61. The normalized spacial score (nSPS) is 10.7. The maximum Gasteiger partial charge on any atom is 0.291 e. The molecule has 1 aromatic heterocycles. The summed E-state index contributed by atoms with van der Waals surface area (Å²) in [4.78, 5) is 27.5. The van der Waals surface area contributed by atoms with Crippen LogP contribution in [0.5, 0.6) is 0 Å². The summed E-state index contributed by atoms with van der Waals surface area (Å²) in [6.07, 6.45) is 1.31. The van der Waals surface area contributed by atoms with Gasteiger partial charge in [0.1, 0.15) is 5.02 Å². The predicted molar refractivity (Wildman–Crippen MR) is 126 cm³/mol. The molecule has 32 heavy (non-hydrogen) atoms. The van der Waals surface area contributed by atoms with Crippen molar-refractivity contribution in [3.8, 4) is 5.69 Å². The molecule has 3 aromatic carbocycles. The first kappa shape index (κ1) is 21.8. The molecule has 4 aromatic rings.